The Morgan fingerprint density at radius 1 is 1.17 bits per heavy atom. The van der Waals surface area contributed by atoms with Crippen LogP contribution in [0.4, 0.5) is 11.4 Å². The molecule has 18 heavy (non-hydrogen) atoms. The molecule has 1 aromatic rings. The molecule has 0 spiro atoms. The van der Waals surface area contributed by atoms with Crippen LogP contribution in [-0.2, 0) is 4.79 Å². The third-order valence-corrected chi connectivity index (χ3v) is 2.79. The van der Waals surface area contributed by atoms with Crippen molar-refractivity contribution in [1.82, 2.24) is 5.32 Å². The van der Waals surface area contributed by atoms with Crippen molar-refractivity contribution in [3.63, 3.8) is 0 Å². The summed E-state index contributed by atoms with van der Waals surface area (Å²) < 4.78 is 0. The standard InChI is InChI=1S/C12H17N3O.2ClH/c13-9-4-6-10(7-5-9)15-11-3-1-2-8-14-12(11)16;;/h4-7,11,15H,1-3,8,13H2,(H,14,16);2*1H. The van der Waals surface area contributed by atoms with Gasteiger partial charge in [0.15, 0.2) is 0 Å². The molecule has 1 aliphatic heterocycles. The third kappa shape index (κ3) is 4.63. The molecule has 4 N–H and O–H groups in total. The van der Waals surface area contributed by atoms with Crippen LogP contribution >= 0.6 is 24.8 Å². The van der Waals surface area contributed by atoms with Crippen LogP contribution in [0.1, 0.15) is 19.3 Å². The predicted molar refractivity (Wildman–Crippen MR) is 79.6 cm³/mol. The van der Waals surface area contributed by atoms with Crippen LogP contribution in [0.15, 0.2) is 24.3 Å². The monoisotopic (exact) mass is 291 g/mol. The first kappa shape index (κ1) is 16.9. The van der Waals surface area contributed by atoms with Crippen molar-refractivity contribution in [3.05, 3.63) is 24.3 Å². The fourth-order valence-corrected chi connectivity index (χ4v) is 1.86. The van der Waals surface area contributed by atoms with Crippen LogP contribution in [0.2, 0.25) is 0 Å². The lowest BCUT2D eigenvalue weighted by atomic mass is 10.1. The number of carbonyl (C=O) groups excluding carboxylic acids is 1. The molecule has 2 rings (SSSR count). The van der Waals surface area contributed by atoms with Crippen molar-refractivity contribution in [2.75, 3.05) is 17.6 Å². The number of halogens is 2. The Kier molecular flexibility index (Phi) is 7.55. The van der Waals surface area contributed by atoms with Crippen LogP contribution in [0.5, 0.6) is 0 Å². The van der Waals surface area contributed by atoms with E-state index in [-0.39, 0.29) is 36.8 Å². The summed E-state index contributed by atoms with van der Waals surface area (Å²) in [6, 6.07) is 7.33. The van der Waals surface area contributed by atoms with Gasteiger partial charge in [-0.25, -0.2) is 0 Å². The second kappa shape index (κ2) is 8.06. The number of carbonyl (C=O) groups is 1. The number of hydrogen-bond acceptors (Lipinski definition) is 3. The van der Waals surface area contributed by atoms with Gasteiger partial charge in [0.2, 0.25) is 5.91 Å². The van der Waals surface area contributed by atoms with Crippen molar-refractivity contribution in [1.29, 1.82) is 0 Å². The predicted octanol–water partition coefficient (Wildman–Crippen LogP) is 2.19. The van der Waals surface area contributed by atoms with Crippen molar-refractivity contribution in [2.24, 2.45) is 0 Å². The minimum atomic E-state index is -0.119. The maximum absolute atomic E-state index is 11.7. The lowest BCUT2D eigenvalue weighted by Crippen LogP contribution is -2.37. The molecule has 1 atom stereocenters. The number of rotatable bonds is 2. The van der Waals surface area contributed by atoms with Gasteiger partial charge in [-0.1, -0.05) is 0 Å². The quantitative estimate of drug-likeness (QED) is 0.732. The third-order valence-electron chi connectivity index (χ3n) is 2.79. The van der Waals surface area contributed by atoms with Crippen LogP contribution < -0.4 is 16.4 Å². The van der Waals surface area contributed by atoms with Crippen molar-refractivity contribution >= 4 is 42.1 Å². The Balaban J connectivity index is 0.00000144. The Bertz CT molecular complexity index is 370. The van der Waals surface area contributed by atoms with E-state index in [9.17, 15) is 4.79 Å². The maximum Gasteiger partial charge on any atom is 0.242 e. The summed E-state index contributed by atoms with van der Waals surface area (Å²) in [7, 11) is 0. The molecule has 1 aliphatic rings. The number of hydrogen-bond donors (Lipinski definition) is 3. The molecule has 1 heterocycles. The normalized spacial score (nSPS) is 18.7. The highest BCUT2D eigenvalue weighted by Crippen LogP contribution is 2.15. The maximum atomic E-state index is 11.7. The second-order valence-electron chi connectivity index (χ2n) is 4.11. The smallest absolute Gasteiger partial charge is 0.242 e. The van der Waals surface area contributed by atoms with Gasteiger partial charge >= 0.3 is 0 Å². The van der Waals surface area contributed by atoms with E-state index < -0.39 is 0 Å². The Hall–Kier alpha value is -1.13. The number of nitrogens with one attached hydrogen (secondary N) is 2. The van der Waals surface area contributed by atoms with E-state index in [1.54, 1.807) is 0 Å². The van der Waals surface area contributed by atoms with Crippen LogP contribution in [0, 0.1) is 0 Å². The van der Waals surface area contributed by atoms with Gasteiger partial charge in [-0.3, -0.25) is 4.79 Å². The summed E-state index contributed by atoms with van der Waals surface area (Å²) in [6.45, 7) is 0.790. The molecule has 0 aromatic heterocycles. The molecular weight excluding hydrogens is 273 g/mol. The molecular formula is C12H19Cl2N3O. The zero-order valence-electron chi connectivity index (χ0n) is 10.0. The lowest BCUT2D eigenvalue weighted by Gasteiger charge is -2.16. The van der Waals surface area contributed by atoms with E-state index in [0.717, 1.165) is 37.2 Å². The Morgan fingerprint density at radius 2 is 1.83 bits per heavy atom. The SMILES string of the molecule is Cl.Cl.Nc1ccc(NC2CCCCNC2=O)cc1. The van der Waals surface area contributed by atoms with E-state index in [1.807, 2.05) is 24.3 Å². The van der Waals surface area contributed by atoms with E-state index >= 15 is 0 Å². The summed E-state index contributed by atoms with van der Waals surface area (Å²) in [5.41, 5.74) is 7.28. The number of anilines is 2. The molecule has 1 fully saturated rings. The van der Waals surface area contributed by atoms with Gasteiger partial charge in [-0.2, -0.15) is 0 Å². The van der Waals surface area contributed by atoms with Gasteiger partial charge in [0.25, 0.3) is 0 Å². The van der Waals surface area contributed by atoms with E-state index in [2.05, 4.69) is 10.6 Å². The molecule has 102 valence electrons. The summed E-state index contributed by atoms with van der Waals surface area (Å²) in [6.07, 6.45) is 3.02. The zero-order valence-corrected chi connectivity index (χ0v) is 11.7. The number of amides is 1. The molecule has 0 bridgehead atoms. The van der Waals surface area contributed by atoms with Gasteiger partial charge in [0, 0.05) is 17.9 Å². The van der Waals surface area contributed by atoms with Crippen molar-refractivity contribution in [3.8, 4) is 0 Å². The molecule has 0 saturated carbocycles. The van der Waals surface area contributed by atoms with Gasteiger partial charge in [0.05, 0.1) is 0 Å². The van der Waals surface area contributed by atoms with Crippen LogP contribution in [0.25, 0.3) is 0 Å². The van der Waals surface area contributed by atoms with Gasteiger partial charge < -0.3 is 16.4 Å². The van der Waals surface area contributed by atoms with E-state index in [1.165, 1.54) is 0 Å². The number of nitrogen functional groups attached to an aromatic ring is 1. The summed E-state index contributed by atoms with van der Waals surface area (Å²) >= 11 is 0. The molecule has 6 heteroatoms. The molecule has 1 aromatic carbocycles. The fraction of sp³-hybridized carbons (Fsp3) is 0.417. The lowest BCUT2D eigenvalue weighted by molar-refractivity contribution is -0.121. The first-order valence-corrected chi connectivity index (χ1v) is 5.65. The van der Waals surface area contributed by atoms with Crippen LogP contribution in [-0.4, -0.2) is 18.5 Å². The van der Waals surface area contributed by atoms with Crippen molar-refractivity contribution < 1.29 is 4.79 Å². The molecule has 1 saturated heterocycles. The topological polar surface area (TPSA) is 67.2 Å². The molecule has 0 aliphatic carbocycles. The highest BCUT2D eigenvalue weighted by atomic mass is 35.5. The Morgan fingerprint density at radius 3 is 2.50 bits per heavy atom. The molecule has 1 unspecified atom stereocenters. The summed E-state index contributed by atoms with van der Waals surface area (Å²) in [5.74, 6) is 0.0920. The van der Waals surface area contributed by atoms with E-state index in [4.69, 9.17) is 5.73 Å². The minimum absolute atomic E-state index is 0. The van der Waals surface area contributed by atoms with Crippen LogP contribution in [0.3, 0.4) is 0 Å². The highest BCUT2D eigenvalue weighted by molar-refractivity contribution is 5.86. The first-order valence-electron chi connectivity index (χ1n) is 5.65. The first-order chi connectivity index (χ1) is 7.75. The highest BCUT2D eigenvalue weighted by Gasteiger charge is 2.19. The minimum Gasteiger partial charge on any atom is -0.399 e. The summed E-state index contributed by atoms with van der Waals surface area (Å²) in [4.78, 5) is 11.7. The average molecular weight is 292 g/mol. The van der Waals surface area contributed by atoms with E-state index in [0.29, 0.717) is 0 Å². The number of nitrogens with two attached hydrogens (primary N) is 1. The molecule has 4 nitrogen and oxygen atoms in total. The molecule has 0 radical (unpaired) electrons. The fourth-order valence-electron chi connectivity index (χ4n) is 1.86. The molecule has 1 amide bonds. The van der Waals surface area contributed by atoms with Gasteiger partial charge in [-0.15, -0.1) is 24.8 Å². The van der Waals surface area contributed by atoms with Gasteiger partial charge in [0.1, 0.15) is 6.04 Å². The Labute approximate surface area is 120 Å². The van der Waals surface area contributed by atoms with Gasteiger partial charge in [-0.05, 0) is 43.5 Å². The largest absolute Gasteiger partial charge is 0.399 e. The second-order valence-corrected chi connectivity index (χ2v) is 4.11. The zero-order chi connectivity index (χ0) is 11.4. The van der Waals surface area contributed by atoms with Crippen molar-refractivity contribution in [2.45, 2.75) is 25.3 Å². The average Bonchev–Trinajstić information content (AvgIpc) is 2.48. The summed E-state index contributed by atoms with van der Waals surface area (Å²) in [5, 5.41) is 6.13. The number of benzene rings is 1.